The fraction of sp³-hybridized carbons (Fsp3) is 0.167. The molecule has 2 N–H and O–H groups in total. The van der Waals surface area contributed by atoms with Crippen LogP contribution in [0.2, 0.25) is 0 Å². The normalized spacial score (nSPS) is 10.2. The van der Waals surface area contributed by atoms with E-state index in [9.17, 15) is 9.59 Å². The minimum absolute atomic E-state index is 0.0806. The van der Waals surface area contributed by atoms with Gasteiger partial charge in [0.1, 0.15) is 0 Å². The van der Waals surface area contributed by atoms with Crippen molar-refractivity contribution >= 4 is 29.3 Å². The molecule has 0 aliphatic carbocycles. The van der Waals surface area contributed by atoms with Crippen molar-refractivity contribution in [2.75, 3.05) is 12.3 Å². The number of rotatable bonds is 5. The van der Waals surface area contributed by atoms with Crippen LogP contribution < -0.4 is 10.6 Å². The summed E-state index contributed by atoms with van der Waals surface area (Å²) >= 11 is 1.21. The molecule has 0 bridgehead atoms. The smallest absolute Gasteiger partial charge is 0.321 e. The number of carbonyl (C=O) groups is 2. The minimum Gasteiger partial charge on any atom is -0.334 e. The minimum atomic E-state index is -0.540. The summed E-state index contributed by atoms with van der Waals surface area (Å²) in [5.41, 5.74) is 0.708. The van der Waals surface area contributed by atoms with Crippen molar-refractivity contribution in [3.63, 3.8) is 0 Å². The van der Waals surface area contributed by atoms with Gasteiger partial charge in [0.2, 0.25) is 5.91 Å². The summed E-state index contributed by atoms with van der Waals surface area (Å²) in [5, 5.41) is 13.2. The number of thioether (sulfide) groups is 1. The van der Waals surface area contributed by atoms with Crippen molar-refractivity contribution in [2.45, 2.75) is 5.16 Å². The molecular formula is C12H13N5O2S. The molecular weight excluding hydrogens is 278 g/mol. The van der Waals surface area contributed by atoms with Crippen LogP contribution in [0.1, 0.15) is 0 Å². The van der Waals surface area contributed by atoms with Crippen LogP contribution in [0.15, 0.2) is 42.2 Å². The van der Waals surface area contributed by atoms with Crippen LogP contribution in [0, 0.1) is 0 Å². The Morgan fingerprint density at radius 3 is 3.05 bits per heavy atom. The number of fused-ring (bicyclic) bond motifs is 1. The number of aromatic nitrogens is 3. The number of imide groups is 1. The van der Waals surface area contributed by atoms with Crippen LogP contribution in [0.25, 0.3) is 5.65 Å². The topological polar surface area (TPSA) is 88.4 Å². The van der Waals surface area contributed by atoms with E-state index in [0.717, 1.165) is 0 Å². The maximum atomic E-state index is 11.6. The zero-order chi connectivity index (χ0) is 14.4. The van der Waals surface area contributed by atoms with Gasteiger partial charge in [-0.25, -0.2) is 4.79 Å². The van der Waals surface area contributed by atoms with E-state index in [0.29, 0.717) is 17.3 Å². The maximum Gasteiger partial charge on any atom is 0.321 e. The van der Waals surface area contributed by atoms with Crippen molar-refractivity contribution < 1.29 is 9.59 Å². The molecule has 7 nitrogen and oxygen atoms in total. The Labute approximate surface area is 119 Å². The van der Waals surface area contributed by atoms with Crippen LogP contribution in [0.3, 0.4) is 0 Å². The molecule has 2 rings (SSSR count). The number of hydrogen-bond donors (Lipinski definition) is 2. The predicted molar refractivity (Wildman–Crippen MR) is 75.4 cm³/mol. The predicted octanol–water partition coefficient (Wildman–Crippen LogP) is 0.833. The first kappa shape index (κ1) is 14.1. The number of pyridine rings is 1. The summed E-state index contributed by atoms with van der Waals surface area (Å²) < 4.78 is 1.77. The second-order valence-corrected chi connectivity index (χ2v) is 4.69. The summed E-state index contributed by atoms with van der Waals surface area (Å²) in [4.78, 5) is 22.8. The molecule has 20 heavy (non-hydrogen) atoms. The summed E-state index contributed by atoms with van der Waals surface area (Å²) in [6, 6.07) is 4.99. The Balaban J connectivity index is 1.87. The maximum absolute atomic E-state index is 11.6. The SMILES string of the molecule is C=CCNC(=O)NC(=O)CSc1nnc2ccccn12. The van der Waals surface area contributed by atoms with E-state index in [1.165, 1.54) is 17.8 Å². The lowest BCUT2D eigenvalue weighted by Gasteiger charge is -2.04. The molecule has 2 heterocycles. The van der Waals surface area contributed by atoms with Gasteiger partial charge in [0.15, 0.2) is 10.8 Å². The van der Waals surface area contributed by atoms with Gasteiger partial charge < -0.3 is 5.32 Å². The molecule has 0 saturated carbocycles. The van der Waals surface area contributed by atoms with Gasteiger partial charge >= 0.3 is 6.03 Å². The van der Waals surface area contributed by atoms with Crippen molar-refractivity contribution in [3.8, 4) is 0 Å². The van der Waals surface area contributed by atoms with Gasteiger partial charge in [-0.15, -0.1) is 16.8 Å². The zero-order valence-electron chi connectivity index (χ0n) is 10.6. The number of amides is 3. The highest BCUT2D eigenvalue weighted by Gasteiger charge is 2.10. The van der Waals surface area contributed by atoms with Gasteiger partial charge in [0, 0.05) is 12.7 Å². The molecule has 0 unspecified atom stereocenters. The average molecular weight is 291 g/mol. The highest BCUT2D eigenvalue weighted by molar-refractivity contribution is 7.99. The van der Waals surface area contributed by atoms with Crippen molar-refractivity contribution in [3.05, 3.63) is 37.1 Å². The van der Waals surface area contributed by atoms with Gasteiger partial charge in [-0.05, 0) is 12.1 Å². The van der Waals surface area contributed by atoms with Gasteiger partial charge in [0.05, 0.1) is 5.75 Å². The first-order valence-electron chi connectivity index (χ1n) is 5.82. The van der Waals surface area contributed by atoms with E-state index in [2.05, 4.69) is 27.4 Å². The monoisotopic (exact) mass is 291 g/mol. The molecule has 0 spiro atoms. The lowest BCUT2D eigenvalue weighted by atomic mass is 10.5. The number of hydrogen-bond acceptors (Lipinski definition) is 5. The second kappa shape index (κ2) is 6.71. The lowest BCUT2D eigenvalue weighted by molar-refractivity contribution is -0.117. The third kappa shape index (κ3) is 3.58. The van der Waals surface area contributed by atoms with E-state index in [4.69, 9.17) is 0 Å². The Morgan fingerprint density at radius 1 is 1.40 bits per heavy atom. The molecule has 0 atom stereocenters. The average Bonchev–Trinajstić information content (AvgIpc) is 2.86. The molecule has 8 heteroatoms. The van der Waals surface area contributed by atoms with E-state index >= 15 is 0 Å². The highest BCUT2D eigenvalue weighted by Crippen LogP contribution is 2.15. The quantitative estimate of drug-likeness (QED) is 0.629. The number of urea groups is 1. The van der Waals surface area contributed by atoms with Crippen LogP contribution in [-0.4, -0.2) is 38.8 Å². The van der Waals surface area contributed by atoms with Gasteiger partial charge in [-0.3, -0.25) is 14.5 Å². The van der Waals surface area contributed by atoms with E-state index < -0.39 is 11.9 Å². The number of carbonyl (C=O) groups excluding carboxylic acids is 2. The molecule has 0 aliphatic heterocycles. The Hall–Kier alpha value is -2.35. The van der Waals surface area contributed by atoms with E-state index in [-0.39, 0.29) is 5.75 Å². The van der Waals surface area contributed by atoms with Crippen molar-refractivity contribution in [2.24, 2.45) is 0 Å². The second-order valence-electron chi connectivity index (χ2n) is 3.75. The molecule has 2 aromatic heterocycles. The summed E-state index contributed by atoms with van der Waals surface area (Å²) in [6.07, 6.45) is 3.34. The van der Waals surface area contributed by atoms with Gasteiger partial charge in [0.25, 0.3) is 0 Å². The number of nitrogens with zero attached hydrogens (tertiary/aromatic N) is 3. The van der Waals surface area contributed by atoms with Gasteiger partial charge in [-0.1, -0.05) is 23.9 Å². The molecule has 0 aromatic carbocycles. The molecule has 104 valence electrons. The first-order chi connectivity index (χ1) is 9.70. The molecule has 0 fully saturated rings. The highest BCUT2D eigenvalue weighted by atomic mass is 32.2. The lowest BCUT2D eigenvalue weighted by Crippen LogP contribution is -2.40. The molecule has 0 radical (unpaired) electrons. The number of nitrogens with one attached hydrogen (secondary N) is 2. The Bertz CT molecular complexity index is 640. The van der Waals surface area contributed by atoms with E-state index in [1.807, 2.05) is 24.4 Å². The summed E-state index contributed by atoms with van der Waals surface area (Å²) in [7, 11) is 0. The van der Waals surface area contributed by atoms with Crippen molar-refractivity contribution in [1.82, 2.24) is 25.2 Å². The fourth-order valence-corrected chi connectivity index (χ4v) is 2.14. The molecule has 0 saturated heterocycles. The molecule has 0 aliphatic rings. The van der Waals surface area contributed by atoms with Crippen LogP contribution in [-0.2, 0) is 4.79 Å². The summed E-state index contributed by atoms with van der Waals surface area (Å²) in [6.45, 7) is 3.77. The fourth-order valence-electron chi connectivity index (χ4n) is 1.42. The Kier molecular flexibility index (Phi) is 4.72. The van der Waals surface area contributed by atoms with Gasteiger partial charge in [-0.2, -0.15) is 0 Å². The van der Waals surface area contributed by atoms with Crippen LogP contribution in [0.5, 0.6) is 0 Å². The van der Waals surface area contributed by atoms with Crippen molar-refractivity contribution in [1.29, 1.82) is 0 Å². The largest absolute Gasteiger partial charge is 0.334 e. The Morgan fingerprint density at radius 2 is 2.25 bits per heavy atom. The first-order valence-corrected chi connectivity index (χ1v) is 6.80. The molecule has 3 amide bonds. The van der Waals surface area contributed by atoms with E-state index in [1.54, 1.807) is 4.40 Å². The molecule has 2 aromatic rings. The summed E-state index contributed by atoms with van der Waals surface area (Å²) in [5.74, 6) is -0.318. The third-order valence-corrected chi connectivity index (χ3v) is 3.22. The standard InChI is InChI=1S/C12H13N5O2S/c1-2-6-13-11(19)14-10(18)8-20-12-16-15-9-5-3-4-7-17(9)12/h2-5,7H,1,6,8H2,(H2,13,14,18,19). The van der Waals surface area contributed by atoms with Crippen LogP contribution >= 0.6 is 11.8 Å². The third-order valence-electron chi connectivity index (χ3n) is 2.27. The van der Waals surface area contributed by atoms with Crippen LogP contribution in [0.4, 0.5) is 4.79 Å². The zero-order valence-corrected chi connectivity index (χ0v) is 11.4.